The van der Waals surface area contributed by atoms with E-state index in [4.69, 9.17) is 5.11 Å². The van der Waals surface area contributed by atoms with Gasteiger partial charge in [0.15, 0.2) is 0 Å². The molecular weight excluding hydrogens is 258 g/mol. The van der Waals surface area contributed by atoms with Crippen molar-refractivity contribution in [2.75, 3.05) is 6.61 Å². The quantitative estimate of drug-likeness (QED) is 0.864. The van der Waals surface area contributed by atoms with Gasteiger partial charge in [-0.1, -0.05) is 0 Å². The highest BCUT2D eigenvalue weighted by Gasteiger charge is 2.25. The van der Waals surface area contributed by atoms with E-state index in [1.165, 1.54) is 10.9 Å². The number of carbonyl (C=O) groups excluding carboxylic acids is 1. The van der Waals surface area contributed by atoms with Crippen molar-refractivity contribution < 1.29 is 9.90 Å². The Morgan fingerprint density at radius 3 is 3.20 bits per heavy atom. The molecule has 7 nitrogen and oxygen atoms in total. The third-order valence-corrected chi connectivity index (χ3v) is 3.61. The predicted molar refractivity (Wildman–Crippen MR) is 71.1 cm³/mol. The molecule has 1 amide bonds. The molecule has 0 fully saturated rings. The Morgan fingerprint density at radius 2 is 2.45 bits per heavy atom. The minimum Gasteiger partial charge on any atom is -0.394 e. The molecule has 0 radical (unpaired) electrons. The molecule has 0 aromatic carbocycles. The smallest absolute Gasteiger partial charge is 0.327 e. The number of fused-ring (bicyclic) bond motifs is 1. The molecular formula is C13H17N5O2. The largest absolute Gasteiger partial charge is 0.394 e. The molecule has 1 atom stereocenters. The first-order valence-electron chi connectivity index (χ1n) is 6.74. The zero-order valence-corrected chi connectivity index (χ0v) is 11.1. The maximum absolute atomic E-state index is 12.1. The number of aromatic nitrogens is 4. The number of amides is 1. The first-order chi connectivity index (χ1) is 9.79. The Morgan fingerprint density at radius 1 is 1.55 bits per heavy atom. The van der Waals surface area contributed by atoms with E-state index >= 15 is 0 Å². The Balaban J connectivity index is 1.78. The second-order valence-electron chi connectivity index (χ2n) is 4.86. The van der Waals surface area contributed by atoms with Crippen LogP contribution in [0.4, 0.5) is 4.79 Å². The summed E-state index contributed by atoms with van der Waals surface area (Å²) in [6.45, 7) is 0.567. The lowest BCUT2D eigenvalue weighted by atomic mass is 9.93. The first-order valence-corrected chi connectivity index (χ1v) is 6.74. The van der Waals surface area contributed by atoms with Crippen LogP contribution in [0, 0.1) is 0 Å². The summed E-state index contributed by atoms with van der Waals surface area (Å²) in [6, 6.07) is -0.212. The van der Waals surface area contributed by atoms with Crippen molar-refractivity contribution in [1.82, 2.24) is 24.6 Å². The molecule has 0 spiro atoms. The number of imidazole rings is 1. The third-order valence-electron chi connectivity index (χ3n) is 3.61. The molecule has 20 heavy (non-hydrogen) atoms. The van der Waals surface area contributed by atoms with Gasteiger partial charge in [-0.2, -0.15) is 5.10 Å². The number of hydrogen-bond donors (Lipinski definition) is 2. The summed E-state index contributed by atoms with van der Waals surface area (Å²) in [5.41, 5.74) is 2.17. The van der Waals surface area contributed by atoms with Crippen LogP contribution in [-0.2, 0) is 13.0 Å². The van der Waals surface area contributed by atoms with Gasteiger partial charge in [-0.3, -0.25) is 9.25 Å². The molecule has 2 N–H and O–H groups in total. The Kier molecular flexibility index (Phi) is 3.51. The number of carbonyl (C=O) groups is 1. The minimum absolute atomic E-state index is 0.0268. The summed E-state index contributed by atoms with van der Waals surface area (Å²) in [7, 11) is 0. The fraction of sp³-hybridized carbons (Fsp3) is 0.462. The lowest BCUT2D eigenvalue weighted by Crippen LogP contribution is -2.33. The van der Waals surface area contributed by atoms with Crippen molar-refractivity contribution in [3.8, 4) is 0 Å². The molecule has 2 aromatic rings. The van der Waals surface area contributed by atoms with Crippen molar-refractivity contribution in [1.29, 1.82) is 0 Å². The van der Waals surface area contributed by atoms with Crippen LogP contribution < -0.4 is 5.32 Å². The average Bonchev–Trinajstić information content (AvgIpc) is 3.09. The van der Waals surface area contributed by atoms with E-state index in [1.54, 1.807) is 18.6 Å². The van der Waals surface area contributed by atoms with Crippen LogP contribution in [0.1, 0.15) is 30.1 Å². The van der Waals surface area contributed by atoms with Crippen molar-refractivity contribution in [2.24, 2.45) is 0 Å². The molecule has 0 saturated heterocycles. The summed E-state index contributed by atoms with van der Waals surface area (Å²) in [5.74, 6) is 0. The molecule has 0 saturated carbocycles. The molecule has 1 aliphatic rings. The fourth-order valence-electron chi connectivity index (χ4n) is 2.66. The van der Waals surface area contributed by atoms with Crippen LogP contribution in [-0.4, -0.2) is 37.1 Å². The molecule has 0 aliphatic heterocycles. The maximum Gasteiger partial charge on any atom is 0.327 e. The lowest BCUT2D eigenvalue weighted by molar-refractivity contribution is 0.236. The molecule has 106 valence electrons. The van der Waals surface area contributed by atoms with Crippen molar-refractivity contribution in [3.63, 3.8) is 0 Å². The van der Waals surface area contributed by atoms with E-state index in [1.807, 2.05) is 4.68 Å². The number of hydrogen-bond acceptors (Lipinski definition) is 4. The normalized spacial score (nSPS) is 17.8. The van der Waals surface area contributed by atoms with Gasteiger partial charge in [-0.05, 0) is 19.3 Å². The van der Waals surface area contributed by atoms with E-state index in [0.29, 0.717) is 6.54 Å². The SMILES string of the molecule is O=C(NC1CCCc2c1cnn2CCO)n1ccnc1. The standard InChI is InChI=1S/C13H17N5O2/c19-7-6-18-12-3-1-2-11(10(12)8-15-18)16-13(20)17-5-4-14-9-17/h4-5,8-9,11,19H,1-3,6-7H2,(H,16,20). The van der Waals surface area contributed by atoms with Crippen LogP contribution in [0.5, 0.6) is 0 Å². The second kappa shape index (κ2) is 5.46. The summed E-state index contributed by atoms with van der Waals surface area (Å²) in [6.07, 6.45) is 9.31. The van der Waals surface area contributed by atoms with E-state index < -0.39 is 0 Å². The lowest BCUT2D eigenvalue weighted by Gasteiger charge is -2.24. The van der Waals surface area contributed by atoms with Gasteiger partial charge in [0.05, 0.1) is 25.4 Å². The van der Waals surface area contributed by atoms with Crippen LogP contribution in [0.3, 0.4) is 0 Å². The first kappa shape index (κ1) is 12.9. The summed E-state index contributed by atoms with van der Waals surface area (Å²) in [5, 5.41) is 16.3. The number of nitrogens with zero attached hydrogens (tertiary/aromatic N) is 4. The minimum atomic E-state index is -0.185. The Bertz CT molecular complexity index is 590. The Hall–Kier alpha value is -2.15. The third kappa shape index (κ3) is 2.32. The van der Waals surface area contributed by atoms with E-state index in [0.717, 1.165) is 30.5 Å². The van der Waals surface area contributed by atoms with Gasteiger partial charge < -0.3 is 10.4 Å². The molecule has 2 heterocycles. The van der Waals surface area contributed by atoms with Crippen LogP contribution in [0.15, 0.2) is 24.9 Å². The van der Waals surface area contributed by atoms with E-state index in [9.17, 15) is 4.79 Å². The van der Waals surface area contributed by atoms with Gasteiger partial charge in [0, 0.05) is 23.7 Å². The summed E-state index contributed by atoms with van der Waals surface area (Å²) < 4.78 is 3.25. The summed E-state index contributed by atoms with van der Waals surface area (Å²) >= 11 is 0. The monoisotopic (exact) mass is 275 g/mol. The summed E-state index contributed by atoms with van der Waals surface area (Å²) in [4.78, 5) is 15.9. The predicted octanol–water partition coefficient (Wildman–Crippen LogP) is 0.707. The van der Waals surface area contributed by atoms with E-state index in [2.05, 4.69) is 15.4 Å². The highest BCUT2D eigenvalue weighted by Crippen LogP contribution is 2.29. The van der Waals surface area contributed by atoms with Crippen LogP contribution in [0.2, 0.25) is 0 Å². The van der Waals surface area contributed by atoms with Crippen LogP contribution in [0.25, 0.3) is 0 Å². The molecule has 7 heteroatoms. The van der Waals surface area contributed by atoms with E-state index in [-0.39, 0.29) is 18.7 Å². The van der Waals surface area contributed by atoms with Crippen molar-refractivity contribution in [2.45, 2.75) is 31.8 Å². The fourth-order valence-corrected chi connectivity index (χ4v) is 2.66. The van der Waals surface area contributed by atoms with Gasteiger partial charge in [0.1, 0.15) is 6.33 Å². The van der Waals surface area contributed by atoms with Crippen molar-refractivity contribution in [3.05, 3.63) is 36.2 Å². The second-order valence-corrected chi connectivity index (χ2v) is 4.86. The molecule has 1 aliphatic carbocycles. The van der Waals surface area contributed by atoms with Crippen LogP contribution >= 0.6 is 0 Å². The van der Waals surface area contributed by atoms with Gasteiger partial charge in [-0.25, -0.2) is 9.78 Å². The number of aliphatic hydroxyl groups excluding tert-OH is 1. The molecule has 3 rings (SSSR count). The van der Waals surface area contributed by atoms with Gasteiger partial charge in [-0.15, -0.1) is 0 Å². The molecule has 1 unspecified atom stereocenters. The number of nitrogens with one attached hydrogen (secondary N) is 1. The zero-order chi connectivity index (χ0) is 13.9. The molecule has 0 bridgehead atoms. The number of rotatable bonds is 3. The Labute approximate surface area is 116 Å². The topological polar surface area (TPSA) is 85.0 Å². The molecule has 2 aromatic heterocycles. The number of aliphatic hydroxyl groups is 1. The van der Waals surface area contributed by atoms with Crippen molar-refractivity contribution >= 4 is 6.03 Å². The highest BCUT2D eigenvalue weighted by atomic mass is 16.3. The maximum atomic E-state index is 12.1. The van der Waals surface area contributed by atoms with Gasteiger partial charge in [0.2, 0.25) is 0 Å². The zero-order valence-electron chi connectivity index (χ0n) is 11.1. The highest BCUT2D eigenvalue weighted by molar-refractivity contribution is 5.76. The van der Waals surface area contributed by atoms with Gasteiger partial charge in [0.25, 0.3) is 0 Å². The average molecular weight is 275 g/mol. The van der Waals surface area contributed by atoms with Gasteiger partial charge >= 0.3 is 6.03 Å².